The van der Waals surface area contributed by atoms with Gasteiger partial charge in [-0.05, 0) is 30.7 Å². The minimum atomic E-state index is 0.297. The third-order valence-electron chi connectivity index (χ3n) is 3.36. The van der Waals surface area contributed by atoms with Crippen molar-refractivity contribution in [3.05, 3.63) is 41.9 Å². The first-order valence-corrected chi connectivity index (χ1v) is 6.98. The SMILES string of the molecule is CCn1cc(-c2nc3c4ccccc4nc(Cl)n3n2)cn1. The first kappa shape index (κ1) is 12.3. The van der Waals surface area contributed by atoms with Gasteiger partial charge in [-0.25, -0.2) is 9.97 Å². The molecule has 1 aromatic carbocycles. The maximum absolute atomic E-state index is 6.20. The van der Waals surface area contributed by atoms with Gasteiger partial charge in [-0.1, -0.05) is 12.1 Å². The first-order chi connectivity index (χ1) is 10.3. The molecule has 0 saturated heterocycles. The fourth-order valence-electron chi connectivity index (χ4n) is 2.30. The number of para-hydroxylation sites is 1. The van der Waals surface area contributed by atoms with Crippen LogP contribution in [0.4, 0.5) is 0 Å². The van der Waals surface area contributed by atoms with E-state index >= 15 is 0 Å². The van der Waals surface area contributed by atoms with Gasteiger partial charge in [-0.3, -0.25) is 4.68 Å². The molecule has 21 heavy (non-hydrogen) atoms. The molecule has 4 aromatic rings. The van der Waals surface area contributed by atoms with Crippen molar-refractivity contribution < 1.29 is 0 Å². The smallest absolute Gasteiger partial charge is 0.226 e. The third kappa shape index (κ3) is 1.87. The highest BCUT2D eigenvalue weighted by Gasteiger charge is 2.14. The van der Waals surface area contributed by atoms with Crippen LogP contribution in [0, 0.1) is 0 Å². The Labute approximate surface area is 125 Å². The van der Waals surface area contributed by atoms with Crippen LogP contribution in [0.1, 0.15) is 6.92 Å². The number of aryl methyl sites for hydroxylation is 1. The lowest BCUT2D eigenvalue weighted by Gasteiger charge is -1.99. The summed E-state index contributed by atoms with van der Waals surface area (Å²) in [5, 5.41) is 9.90. The van der Waals surface area contributed by atoms with Crippen LogP contribution in [0.2, 0.25) is 5.28 Å². The molecule has 3 heterocycles. The first-order valence-electron chi connectivity index (χ1n) is 6.60. The lowest BCUT2D eigenvalue weighted by Crippen LogP contribution is -1.94. The molecule has 4 rings (SSSR count). The molecular weight excluding hydrogens is 288 g/mol. The Morgan fingerprint density at radius 2 is 2.05 bits per heavy atom. The molecule has 0 fully saturated rings. The Kier molecular flexibility index (Phi) is 2.65. The maximum atomic E-state index is 6.20. The van der Waals surface area contributed by atoms with Crippen LogP contribution >= 0.6 is 11.6 Å². The van der Waals surface area contributed by atoms with Gasteiger partial charge in [0.1, 0.15) is 0 Å². The molecule has 0 aliphatic carbocycles. The molecule has 0 atom stereocenters. The fraction of sp³-hybridized carbons (Fsp3) is 0.143. The van der Waals surface area contributed by atoms with Crippen LogP contribution in [-0.2, 0) is 6.54 Å². The van der Waals surface area contributed by atoms with Crippen molar-refractivity contribution in [1.29, 1.82) is 0 Å². The van der Waals surface area contributed by atoms with Gasteiger partial charge in [0.25, 0.3) is 0 Å². The minimum Gasteiger partial charge on any atom is -0.272 e. The Hall–Kier alpha value is -2.47. The molecule has 3 aromatic heterocycles. The van der Waals surface area contributed by atoms with Gasteiger partial charge in [-0.15, -0.1) is 5.10 Å². The Morgan fingerprint density at radius 3 is 2.86 bits per heavy atom. The topological polar surface area (TPSA) is 60.9 Å². The predicted octanol–water partition coefficient (Wildman–Crippen LogP) is 2.81. The van der Waals surface area contributed by atoms with E-state index in [9.17, 15) is 0 Å². The lowest BCUT2D eigenvalue weighted by molar-refractivity contribution is 0.660. The van der Waals surface area contributed by atoms with Crippen molar-refractivity contribution in [3.63, 3.8) is 0 Å². The van der Waals surface area contributed by atoms with Crippen LogP contribution in [0.3, 0.4) is 0 Å². The standard InChI is InChI=1S/C14H11ClN6/c1-2-20-8-9(7-16-20)12-18-13-10-5-3-4-6-11(10)17-14(15)21(13)19-12/h3-8H,2H2,1H3. The van der Waals surface area contributed by atoms with E-state index in [1.54, 1.807) is 10.7 Å². The van der Waals surface area contributed by atoms with E-state index in [0.29, 0.717) is 16.8 Å². The zero-order valence-electron chi connectivity index (χ0n) is 11.2. The van der Waals surface area contributed by atoms with Gasteiger partial charge in [-0.2, -0.15) is 9.61 Å². The number of aromatic nitrogens is 6. The summed E-state index contributed by atoms with van der Waals surface area (Å²) in [6.45, 7) is 2.83. The molecule has 104 valence electrons. The van der Waals surface area contributed by atoms with Gasteiger partial charge in [0.2, 0.25) is 5.28 Å². The average Bonchev–Trinajstić information content (AvgIpc) is 3.14. The molecule has 0 radical (unpaired) electrons. The van der Waals surface area contributed by atoms with Gasteiger partial charge in [0.15, 0.2) is 11.5 Å². The molecule has 0 N–H and O–H groups in total. The summed E-state index contributed by atoms with van der Waals surface area (Å²) in [6.07, 6.45) is 3.67. The van der Waals surface area contributed by atoms with Crippen LogP contribution in [0.5, 0.6) is 0 Å². The Morgan fingerprint density at radius 1 is 1.19 bits per heavy atom. The van der Waals surface area contributed by atoms with Crippen LogP contribution < -0.4 is 0 Å². The molecule has 0 aliphatic heterocycles. The molecule has 0 saturated carbocycles. The van der Waals surface area contributed by atoms with Gasteiger partial charge in [0.05, 0.1) is 17.3 Å². The van der Waals surface area contributed by atoms with Crippen molar-refractivity contribution in [1.82, 2.24) is 29.4 Å². The summed E-state index contributed by atoms with van der Waals surface area (Å²) < 4.78 is 3.39. The molecule has 7 heteroatoms. The zero-order valence-corrected chi connectivity index (χ0v) is 12.0. The highest BCUT2D eigenvalue weighted by Crippen LogP contribution is 2.23. The Balaban J connectivity index is 2.00. The minimum absolute atomic E-state index is 0.297. The van der Waals surface area contributed by atoms with Gasteiger partial charge >= 0.3 is 0 Å². The predicted molar refractivity (Wildman–Crippen MR) is 80.2 cm³/mol. The summed E-state index contributed by atoms with van der Waals surface area (Å²) >= 11 is 6.20. The summed E-state index contributed by atoms with van der Waals surface area (Å²) in [5.41, 5.74) is 2.36. The van der Waals surface area contributed by atoms with Crippen molar-refractivity contribution in [3.8, 4) is 11.4 Å². The van der Waals surface area contributed by atoms with Crippen molar-refractivity contribution in [2.45, 2.75) is 13.5 Å². The quantitative estimate of drug-likeness (QED) is 0.534. The second-order valence-corrected chi connectivity index (χ2v) is 4.99. The van der Waals surface area contributed by atoms with E-state index in [2.05, 4.69) is 20.2 Å². The normalized spacial score (nSPS) is 11.5. The highest BCUT2D eigenvalue weighted by atomic mass is 35.5. The second kappa shape index (κ2) is 4.53. The van der Waals surface area contributed by atoms with E-state index < -0.39 is 0 Å². The fourth-order valence-corrected chi connectivity index (χ4v) is 2.51. The van der Waals surface area contributed by atoms with Crippen LogP contribution in [-0.4, -0.2) is 29.4 Å². The Bertz CT molecular complexity index is 955. The van der Waals surface area contributed by atoms with Crippen LogP contribution in [0.15, 0.2) is 36.7 Å². The third-order valence-corrected chi connectivity index (χ3v) is 3.60. The second-order valence-electron chi connectivity index (χ2n) is 4.65. The number of benzene rings is 1. The zero-order chi connectivity index (χ0) is 14.4. The van der Waals surface area contributed by atoms with Gasteiger partial charge < -0.3 is 0 Å². The maximum Gasteiger partial charge on any atom is 0.226 e. The molecule has 0 spiro atoms. The van der Waals surface area contributed by atoms with E-state index in [4.69, 9.17) is 11.6 Å². The number of hydrogen-bond donors (Lipinski definition) is 0. The lowest BCUT2D eigenvalue weighted by atomic mass is 10.2. The van der Waals surface area contributed by atoms with E-state index in [0.717, 1.165) is 23.0 Å². The molecular formula is C14H11ClN6. The van der Waals surface area contributed by atoms with E-state index in [1.165, 1.54) is 0 Å². The van der Waals surface area contributed by atoms with E-state index in [1.807, 2.05) is 42.1 Å². The number of hydrogen-bond acceptors (Lipinski definition) is 4. The summed E-state index contributed by atoms with van der Waals surface area (Å²) in [7, 11) is 0. The molecule has 6 nitrogen and oxygen atoms in total. The molecule has 0 amide bonds. The van der Waals surface area contributed by atoms with Crippen molar-refractivity contribution in [2.75, 3.05) is 0 Å². The largest absolute Gasteiger partial charge is 0.272 e. The highest BCUT2D eigenvalue weighted by molar-refractivity contribution is 6.29. The van der Waals surface area contributed by atoms with Gasteiger partial charge in [0, 0.05) is 18.1 Å². The summed E-state index contributed by atoms with van der Waals surface area (Å²) in [5.74, 6) is 0.592. The summed E-state index contributed by atoms with van der Waals surface area (Å²) in [6, 6.07) is 7.73. The monoisotopic (exact) mass is 298 g/mol. The van der Waals surface area contributed by atoms with Crippen molar-refractivity contribution >= 4 is 28.2 Å². The number of fused-ring (bicyclic) bond motifs is 3. The van der Waals surface area contributed by atoms with Crippen molar-refractivity contribution in [2.24, 2.45) is 0 Å². The molecule has 0 aliphatic rings. The molecule has 0 unspecified atom stereocenters. The van der Waals surface area contributed by atoms with E-state index in [-0.39, 0.29) is 0 Å². The molecule has 0 bridgehead atoms. The average molecular weight is 299 g/mol. The van der Waals surface area contributed by atoms with Crippen LogP contribution in [0.25, 0.3) is 27.9 Å². The number of halogens is 1. The summed E-state index contributed by atoms with van der Waals surface area (Å²) in [4.78, 5) is 8.93. The number of rotatable bonds is 2. The number of nitrogens with zero attached hydrogens (tertiary/aromatic N) is 6.